The minimum absolute atomic E-state index is 0.719. The van der Waals surface area contributed by atoms with E-state index < -0.39 is 14.3 Å². The Morgan fingerprint density at radius 3 is 1.60 bits per heavy atom. The maximum Gasteiger partial charge on any atom is 0.171 e. The Labute approximate surface area is 329 Å². The molecule has 0 aliphatic carbocycles. The predicted octanol–water partition coefficient (Wildman–Crippen LogP) is 10.4. The maximum atomic E-state index is 16.0. The molecule has 0 bridgehead atoms. The second-order valence-corrected chi connectivity index (χ2v) is 20.1. The Kier molecular flexibility index (Phi) is 7.70. The highest BCUT2D eigenvalue weighted by molar-refractivity contribution is 7.86. The van der Waals surface area contributed by atoms with Crippen LogP contribution in [0.1, 0.15) is 0 Å². The van der Waals surface area contributed by atoms with E-state index in [1.54, 1.807) is 0 Å². The third-order valence-corrected chi connectivity index (χ3v) is 17.6. The van der Waals surface area contributed by atoms with Crippen LogP contribution in [0.4, 0.5) is 0 Å². The molecular formula is C51H34N2O2P2. The summed E-state index contributed by atoms with van der Waals surface area (Å²) in [6, 6.07) is 68.9. The fourth-order valence-electron chi connectivity index (χ4n) is 8.82. The van der Waals surface area contributed by atoms with E-state index in [9.17, 15) is 0 Å². The van der Waals surface area contributed by atoms with Crippen molar-refractivity contribution in [3.8, 4) is 0 Å². The van der Waals surface area contributed by atoms with E-state index >= 15 is 9.13 Å². The fourth-order valence-corrected chi connectivity index (χ4v) is 14.4. The molecule has 0 N–H and O–H groups in total. The molecule has 6 heteroatoms. The van der Waals surface area contributed by atoms with E-state index in [0.29, 0.717) is 0 Å². The molecular weight excluding hydrogens is 735 g/mol. The fraction of sp³-hybridized carbons (Fsp3) is 0. The Bertz CT molecular complexity index is 3430. The number of hydrogen-bond acceptors (Lipinski definition) is 3. The van der Waals surface area contributed by atoms with Crippen LogP contribution in [-0.2, 0) is 9.13 Å². The summed E-state index contributed by atoms with van der Waals surface area (Å²) in [4.78, 5) is 5.37. The third kappa shape index (κ3) is 5.05. The molecule has 1 unspecified atom stereocenters. The van der Waals surface area contributed by atoms with Crippen molar-refractivity contribution in [2.75, 3.05) is 0 Å². The minimum Gasteiger partial charge on any atom is -0.309 e. The van der Waals surface area contributed by atoms with Crippen LogP contribution in [-0.4, -0.2) is 9.38 Å². The summed E-state index contributed by atoms with van der Waals surface area (Å²) in [6.45, 7) is 0. The number of aromatic nitrogens is 2. The molecule has 4 nitrogen and oxygen atoms in total. The molecule has 0 fully saturated rings. The van der Waals surface area contributed by atoms with Gasteiger partial charge >= 0.3 is 0 Å². The number of imidazole rings is 1. The molecule has 0 spiro atoms. The molecule has 11 rings (SSSR count). The number of hydrogen-bond donors (Lipinski definition) is 0. The summed E-state index contributed by atoms with van der Waals surface area (Å²) in [5.41, 5.74) is 3.38. The van der Waals surface area contributed by atoms with Crippen molar-refractivity contribution < 1.29 is 9.13 Å². The number of fused-ring (bicyclic) bond motifs is 11. The van der Waals surface area contributed by atoms with Crippen molar-refractivity contribution in [3.63, 3.8) is 0 Å². The molecule has 0 saturated heterocycles. The van der Waals surface area contributed by atoms with Crippen molar-refractivity contribution in [3.05, 3.63) is 206 Å². The average Bonchev–Trinajstić information content (AvgIpc) is 3.68. The van der Waals surface area contributed by atoms with Crippen LogP contribution >= 0.6 is 14.3 Å². The first kappa shape index (κ1) is 33.7. The van der Waals surface area contributed by atoms with Gasteiger partial charge in [0.25, 0.3) is 0 Å². The van der Waals surface area contributed by atoms with Gasteiger partial charge in [0.05, 0.1) is 16.6 Å². The Balaban J connectivity index is 1.19. The first-order valence-electron chi connectivity index (χ1n) is 19.1. The van der Waals surface area contributed by atoms with Gasteiger partial charge in [-0.2, -0.15) is 0 Å². The zero-order valence-electron chi connectivity index (χ0n) is 30.7. The summed E-state index contributed by atoms with van der Waals surface area (Å²) >= 11 is 0. The van der Waals surface area contributed by atoms with Crippen LogP contribution in [0, 0.1) is 0 Å². The van der Waals surface area contributed by atoms with Gasteiger partial charge in [0.15, 0.2) is 14.3 Å². The number of pyridine rings is 1. The summed E-state index contributed by atoms with van der Waals surface area (Å²) in [5.74, 6) is 0. The molecule has 2 heterocycles. The third-order valence-electron chi connectivity index (χ3n) is 11.5. The van der Waals surface area contributed by atoms with Crippen molar-refractivity contribution in [1.29, 1.82) is 0 Å². The highest BCUT2D eigenvalue weighted by atomic mass is 31.2. The lowest BCUT2D eigenvalue weighted by atomic mass is 10.0. The number of benzene rings is 9. The van der Waals surface area contributed by atoms with Gasteiger partial charge in [0.2, 0.25) is 0 Å². The van der Waals surface area contributed by atoms with Crippen LogP contribution in [0.15, 0.2) is 206 Å². The van der Waals surface area contributed by atoms with Gasteiger partial charge in [-0.05, 0) is 51.9 Å². The SMILES string of the molecule is O=P(c1ccccc1)(c1ccc2c(c1)nc1c3cccc(P(=O)(c4ccccc4)c4ccccc4)c3c3ccccc3n21)c1ccc2ccc3ccccc3c2c1. The molecule has 11 aromatic rings. The van der Waals surface area contributed by atoms with Gasteiger partial charge in [-0.1, -0.05) is 176 Å². The van der Waals surface area contributed by atoms with E-state index in [1.165, 1.54) is 0 Å². The van der Waals surface area contributed by atoms with Crippen molar-refractivity contribution in [2.24, 2.45) is 0 Å². The van der Waals surface area contributed by atoms with Gasteiger partial charge in [-0.15, -0.1) is 0 Å². The van der Waals surface area contributed by atoms with E-state index in [2.05, 4.69) is 77.2 Å². The number of nitrogens with zero attached hydrogens (tertiary/aromatic N) is 2. The number of rotatable bonds is 6. The second kappa shape index (κ2) is 13.0. The maximum absolute atomic E-state index is 16.0. The molecule has 2 aromatic heterocycles. The minimum atomic E-state index is -3.39. The largest absolute Gasteiger partial charge is 0.309 e. The molecule has 0 radical (unpaired) electrons. The first-order chi connectivity index (χ1) is 28.0. The zero-order chi connectivity index (χ0) is 38.1. The highest BCUT2D eigenvalue weighted by Crippen LogP contribution is 2.47. The molecule has 1 atom stereocenters. The van der Waals surface area contributed by atoms with Crippen LogP contribution in [0.2, 0.25) is 0 Å². The second-order valence-electron chi connectivity index (χ2n) is 14.6. The Hall–Kier alpha value is -6.57. The quantitative estimate of drug-likeness (QED) is 0.125. The van der Waals surface area contributed by atoms with Gasteiger partial charge in [0, 0.05) is 48.0 Å². The predicted molar refractivity (Wildman–Crippen MR) is 242 cm³/mol. The highest BCUT2D eigenvalue weighted by Gasteiger charge is 2.34. The van der Waals surface area contributed by atoms with Crippen LogP contribution in [0.3, 0.4) is 0 Å². The molecule has 0 aliphatic heterocycles. The lowest BCUT2D eigenvalue weighted by Gasteiger charge is -2.23. The lowest BCUT2D eigenvalue weighted by Crippen LogP contribution is -2.25. The van der Waals surface area contributed by atoms with Crippen LogP contribution in [0.25, 0.3) is 59.9 Å². The van der Waals surface area contributed by atoms with Gasteiger partial charge in [0.1, 0.15) is 5.65 Å². The smallest absolute Gasteiger partial charge is 0.171 e. The molecule has 0 aliphatic rings. The molecule has 57 heavy (non-hydrogen) atoms. The van der Waals surface area contributed by atoms with E-state index in [4.69, 9.17) is 4.98 Å². The van der Waals surface area contributed by atoms with Crippen molar-refractivity contribution in [2.45, 2.75) is 0 Å². The molecule has 0 amide bonds. The first-order valence-corrected chi connectivity index (χ1v) is 22.5. The molecule has 9 aromatic carbocycles. The Morgan fingerprint density at radius 1 is 0.368 bits per heavy atom. The zero-order valence-corrected chi connectivity index (χ0v) is 32.5. The monoisotopic (exact) mass is 768 g/mol. The topological polar surface area (TPSA) is 51.4 Å². The Morgan fingerprint density at radius 2 is 0.895 bits per heavy atom. The molecule has 270 valence electrons. The summed E-state index contributed by atoms with van der Waals surface area (Å²) in [5, 5.41) is 11.9. The van der Waals surface area contributed by atoms with Gasteiger partial charge in [-0.3, -0.25) is 4.40 Å². The number of para-hydroxylation sites is 1. The van der Waals surface area contributed by atoms with Gasteiger partial charge in [-0.25, -0.2) is 4.98 Å². The summed E-state index contributed by atoms with van der Waals surface area (Å²) in [7, 11) is -6.73. The van der Waals surface area contributed by atoms with Crippen molar-refractivity contribution in [1.82, 2.24) is 9.38 Å². The summed E-state index contributed by atoms with van der Waals surface area (Å²) in [6.07, 6.45) is 0. The van der Waals surface area contributed by atoms with Gasteiger partial charge < -0.3 is 9.13 Å². The standard InChI is InChI=1S/C51H34N2O2P2/c54-56(37-16-4-1-5-17-37,40-30-29-36-28-27-35-15-10-11-22-42(35)45(36)33-40)41-31-32-48-46(34-41)52-51-44-24-14-26-49(50(44)43-23-12-13-25-47(43)53(48)51)57(55,38-18-6-2-7-19-38)39-20-8-3-9-21-39/h1-34H. The summed E-state index contributed by atoms with van der Waals surface area (Å²) < 4.78 is 34.1. The van der Waals surface area contributed by atoms with E-state index in [1.807, 2.05) is 133 Å². The van der Waals surface area contributed by atoms with Crippen molar-refractivity contribution >= 4 is 106 Å². The average molecular weight is 769 g/mol. The van der Waals surface area contributed by atoms with E-state index in [0.717, 1.165) is 91.7 Å². The van der Waals surface area contributed by atoms with Crippen LogP contribution in [0.5, 0.6) is 0 Å². The van der Waals surface area contributed by atoms with E-state index in [-0.39, 0.29) is 0 Å². The lowest BCUT2D eigenvalue weighted by molar-refractivity contribution is 0.591. The molecule has 0 saturated carbocycles. The van der Waals surface area contributed by atoms with Crippen LogP contribution < -0.4 is 31.8 Å². The normalized spacial score (nSPS) is 13.2.